The Balaban J connectivity index is 1.62. The molecular formula is C20H23N5O. The Kier molecular flexibility index (Phi) is 4.24. The van der Waals surface area contributed by atoms with Crippen molar-refractivity contribution in [3.8, 4) is 11.5 Å². The van der Waals surface area contributed by atoms with Crippen molar-refractivity contribution in [2.24, 2.45) is 21.5 Å². The van der Waals surface area contributed by atoms with E-state index in [1.54, 1.807) is 0 Å². The Morgan fingerprint density at radius 2 is 1.50 bits per heavy atom. The molecule has 1 saturated carbocycles. The molecule has 0 atom stereocenters. The molecule has 0 bridgehead atoms. The number of guanidine groups is 2. The zero-order valence-corrected chi connectivity index (χ0v) is 14.6. The van der Waals surface area contributed by atoms with Gasteiger partial charge in [-0.1, -0.05) is 24.6 Å². The summed E-state index contributed by atoms with van der Waals surface area (Å²) in [4.78, 5) is 10.9. The lowest BCUT2D eigenvalue weighted by Crippen LogP contribution is -2.58. The highest BCUT2D eigenvalue weighted by atomic mass is 16.5. The fourth-order valence-electron chi connectivity index (χ4n) is 3.78. The van der Waals surface area contributed by atoms with Gasteiger partial charge in [-0.3, -0.25) is 4.90 Å². The van der Waals surface area contributed by atoms with Gasteiger partial charge in [0.2, 0.25) is 11.9 Å². The largest absolute Gasteiger partial charge is 0.457 e. The molecule has 0 radical (unpaired) electrons. The zero-order valence-electron chi connectivity index (χ0n) is 14.6. The van der Waals surface area contributed by atoms with Crippen molar-refractivity contribution in [1.29, 1.82) is 0 Å². The van der Waals surface area contributed by atoms with Crippen molar-refractivity contribution in [2.75, 3.05) is 4.90 Å². The highest BCUT2D eigenvalue weighted by molar-refractivity contribution is 6.05. The Bertz CT molecular complexity index is 823. The first-order valence-electron chi connectivity index (χ1n) is 8.99. The van der Waals surface area contributed by atoms with E-state index < -0.39 is 5.66 Å². The molecule has 0 unspecified atom stereocenters. The maximum Gasteiger partial charge on any atom is 0.220 e. The van der Waals surface area contributed by atoms with Gasteiger partial charge in [0.25, 0.3) is 0 Å². The van der Waals surface area contributed by atoms with E-state index in [2.05, 4.69) is 4.99 Å². The van der Waals surface area contributed by atoms with Crippen LogP contribution in [0.15, 0.2) is 64.6 Å². The van der Waals surface area contributed by atoms with Gasteiger partial charge in [0.15, 0.2) is 0 Å². The van der Waals surface area contributed by atoms with Crippen LogP contribution < -0.4 is 21.1 Å². The zero-order chi connectivity index (χ0) is 18.0. The fraction of sp³-hybridized carbons (Fsp3) is 0.300. The number of para-hydroxylation sites is 1. The van der Waals surface area contributed by atoms with Gasteiger partial charge in [0.1, 0.15) is 17.2 Å². The first-order chi connectivity index (χ1) is 12.7. The Hall–Kier alpha value is -3.02. The summed E-state index contributed by atoms with van der Waals surface area (Å²) >= 11 is 0. The predicted molar refractivity (Wildman–Crippen MR) is 104 cm³/mol. The number of rotatable bonds is 3. The number of benzene rings is 2. The summed E-state index contributed by atoms with van der Waals surface area (Å²) in [5, 5.41) is 0. The second-order valence-electron chi connectivity index (χ2n) is 6.73. The van der Waals surface area contributed by atoms with Crippen LogP contribution in [0.3, 0.4) is 0 Å². The summed E-state index contributed by atoms with van der Waals surface area (Å²) in [5.41, 5.74) is 12.7. The molecule has 0 saturated heterocycles. The van der Waals surface area contributed by atoms with E-state index in [9.17, 15) is 0 Å². The SMILES string of the molecule is NC1=NC2(CCCCC2)N(c2ccc(Oc3ccccc3)cc2)C(N)=N1. The molecule has 1 aliphatic heterocycles. The van der Waals surface area contributed by atoms with Crippen LogP contribution in [0, 0.1) is 0 Å². The molecule has 134 valence electrons. The summed E-state index contributed by atoms with van der Waals surface area (Å²) in [7, 11) is 0. The maximum absolute atomic E-state index is 6.25. The second kappa shape index (κ2) is 6.71. The van der Waals surface area contributed by atoms with Crippen molar-refractivity contribution >= 4 is 17.6 Å². The number of ether oxygens (including phenoxy) is 1. The van der Waals surface area contributed by atoms with Crippen LogP contribution in [-0.4, -0.2) is 17.6 Å². The number of hydrogen-bond donors (Lipinski definition) is 2. The molecule has 1 aliphatic carbocycles. The van der Waals surface area contributed by atoms with E-state index in [-0.39, 0.29) is 5.96 Å². The van der Waals surface area contributed by atoms with Gasteiger partial charge < -0.3 is 16.2 Å². The minimum absolute atomic E-state index is 0.268. The Morgan fingerprint density at radius 1 is 0.846 bits per heavy atom. The predicted octanol–water partition coefficient (Wildman–Crippen LogP) is 3.59. The lowest BCUT2D eigenvalue weighted by atomic mass is 9.87. The van der Waals surface area contributed by atoms with Gasteiger partial charge in [0.05, 0.1) is 0 Å². The molecule has 2 aromatic carbocycles. The summed E-state index contributed by atoms with van der Waals surface area (Å²) in [6.07, 6.45) is 5.27. The minimum atomic E-state index is -0.421. The maximum atomic E-state index is 6.25. The van der Waals surface area contributed by atoms with Crippen LogP contribution >= 0.6 is 0 Å². The highest BCUT2D eigenvalue weighted by Crippen LogP contribution is 2.39. The molecule has 0 aromatic heterocycles. The molecule has 1 heterocycles. The summed E-state index contributed by atoms with van der Waals surface area (Å²) in [6, 6.07) is 17.6. The van der Waals surface area contributed by atoms with E-state index in [1.807, 2.05) is 59.5 Å². The minimum Gasteiger partial charge on any atom is -0.457 e. The van der Waals surface area contributed by atoms with Crippen LogP contribution in [0.5, 0.6) is 11.5 Å². The van der Waals surface area contributed by atoms with E-state index in [1.165, 1.54) is 6.42 Å². The highest BCUT2D eigenvalue weighted by Gasteiger charge is 2.42. The van der Waals surface area contributed by atoms with E-state index in [0.29, 0.717) is 5.96 Å². The smallest absolute Gasteiger partial charge is 0.220 e. The van der Waals surface area contributed by atoms with Crippen molar-refractivity contribution in [2.45, 2.75) is 37.8 Å². The van der Waals surface area contributed by atoms with Crippen LogP contribution in [0.4, 0.5) is 5.69 Å². The molecule has 0 amide bonds. The first kappa shape index (κ1) is 16.4. The third-order valence-corrected chi connectivity index (χ3v) is 4.93. The van der Waals surface area contributed by atoms with Gasteiger partial charge in [-0.05, 0) is 62.1 Å². The Labute approximate surface area is 153 Å². The lowest BCUT2D eigenvalue weighted by Gasteiger charge is -2.45. The average Bonchev–Trinajstić information content (AvgIpc) is 2.64. The van der Waals surface area contributed by atoms with E-state index >= 15 is 0 Å². The van der Waals surface area contributed by atoms with Crippen molar-refractivity contribution in [3.05, 3.63) is 54.6 Å². The molecule has 2 aromatic rings. The monoisotopic (exact) mass is 349 g/mol. The summed E-state index contributed by atoms with van der Waals surface area (Å²) in [6.45, 7) is 0. The van der Waals surface area contributed by atoms with Gasteiger partial charge in [0, 0.05) is 5.69 Å². The van der Waals surface area contributed by atoms with Gasteiger partial charge in [-0.15, -0.1) is 0 Å². The number of hydrogen-bond acceptors (Lipinski definition) is 6. The molecule has 6 heteroatoms. The van der Waals surface area contributed by atoms with Crippen LogP contribution in [0.25, 0.3) is 0 Å². The quantitative estimate of drug-likeness (QED) is 0.886. The van der Waals surface area contributed by atoms with Gasteiger partial charge in [-0.25, -0.2) is 4.99 Å². The van der Waals surface area contributed by atoms with Gasteiger partial charge in [-0.2, -0.15) is 4.99 Å². The third-order valence-electron chi connectivity index (χ3n) is 4.93. The molecule has 4 N–H and O–H groups in total. The molecule has 1 fully saturated rings. The molecular weight excluding hydrogens is 326 g/mol. The standard InChI is InChI=1S/C20H23N5O/c21-18-23-19(22)25(20(24-18)13-5-2-6-14-20)15-9-11-17(12-10-15)26-16-7-3-1-4-8-16/h1,3-4,7-12H,2,5-6,13-14H2,(H4,21,22,23,24). The number of nitrogens with two attached hydrogens (primary N) is 2. The van der Waals surface area contributed by atoms with E-state index in [0.717, 1.165) is 42.9 Å². The first-order valence-corrected chi connectivity index (χ1v) is 8.99. The van der Waals surface area contributed by atoms with Gasteiger partial charge >= 0.3 is 0 Å². The lowest BCUT2D eigenvalue weighted by molar-refractivity contribution is 0.305. The second-order valence-corrected chi connectivity index (χ2v) is 6.73. The fourth-order valence-corrected chi connectivity index (χ4v) is 3.78. The van der Waals surface area contributed by atoms with Crippen LogP contribution in [0.1, 0.15) is 32.1 Å². The van der Waals surface area contributed by atoms with Crippen molar-refractivity contribution in [3.63, 3.8) is 0 Å². The Morgan fingerprint density at radius 3 is 2.19 bits per heavy atom. The number of anilines is 1. The third kappa shape index (κ3) is 3.10. The molecule has 26 heavy (non-hydrogen) atoms. The average molecular weight is 349 g/mol. The topological polar surface area (TPSA) is 89.2 Å². The molecule has 6 nitrogen and oxygen atoms in total. The number of aliphatic imine (C=N–C) groups is 2. The number of nitrogens with zero attached hydrogens (tertiary/aromatic N) is 3. The summed E-state index contributed by atoms with van der Waals surface area (Å²) < 4.78 is 5.87. The summed E-state index contributed by atoms with van der Waals surface area (Å²) in [5.74, 6) is 2.24. The van der Waals surface area contributed by atoms with E-state index in [4.69, 9.17) is 21.2 Å². The van der Waals surface area contributed by atoms with Crippen molar-refractivity contribution in [1.82, 2.24) is 0 Å². The normalized spacial score (nSPS) is 19.0. The molecule has 2 aliphatic rings. The van der Waals surface area contributed by atoms with Crippen LogP contribution in [-0.2, 0) is 0 Å². The van der Waals surface area contributed by atoms with Crippen molar-refractivity contribution < 1.29 is 4.74 Å². The van der Waals surface area contributed by atoms with Crippen LogP contribution in [0.2, 0.25) is 0 Å². The molecule has 4 rings (SSSR count). The molecule has 1 spiro atoms.